The van der Waals surface area contributed by atoms with Gasteiger partial charge in [0.25, 0.3) is 10.0 Å². The summed E-state index contributed by atoms with van der Waals surface area (Å²) >= 11 is 0. The standard InChI is InChI=1S/C15H22N6O3S/c1-10-4-6-12(7-5-10)25(22,23)21-20-15-13(16)14(17-9-18-15)19-11(2)8-24-3/h4-7,9,11,21H,8,16H2,1-3H3,(H2,17,18,19,20). The van der Waals surface area contributed by atoms with Gasteiger partial charge in [-0.05, 0) is 26.0 Å². The van der Waals surface area contributed by atoms with Gasteiger partial charge in [-0.1, -0.05) is 17.7 Å². The van der Waals surface area contributed by atoms with Crippen molar-refractivity contribution in [3.05, 3.63) is 36.2 Å². The van der Waals surface area contributed by atoms with Crippen molar-refractivity contribution in [3.63, 3.8) is 0 Å². The van der Waals surface area contributed by atoms with E-state index in [-0.39, 0.29) is 22.4 Å². The maximum atomic E-state index is 12.3. The summed E-state index contributed by atoms with van der Waals surface area (Å²) in [5.41, 5.74) is 9.67. The van der Waals surface area contributed by atoms with Gasteiger partial charge in [0.1, 0.15) is 12.0 Å². The van der Waals surface area contributed by atoms with E-state index in [1.54, 1.807) is 19.2 Å². The Balaban J connectivity index is 2.11. The van der Waals surface area contributed by atoms with Crippen LogP contribution in [0.2, 0.25) is 0 Å². The Bertz CT molecular complexity index is 811. The minimum atomic E-state index is -3.75. The summed E-state index contributed by atoms with van der Waals surface area (Å²) in [5, 5.41) is 3.07. The Morgan fingerprint density at radius 3 is 2.48 bits per heavy atom. The molecule has 0 fully saturated rings. The monoisotopic (exact) mass is 366 g/mol. The Kier molecular flexibility index (Phi) is 6.12. The van der Waals surface area contributed by atoms with Gasteiger partial charge in [-0.3, -0.25) is 5.43 Å². The molecule has 0 aliphatic heterocycles. The number of nitrogens with zero attached hydrogens (tertiary/aromatic N) is 2. The number of hydrogen-bond donors (Lipinski definition) is 4. The molecule has 1 aromatic carbocycles. The molecular weight excluding hydrogens is 344 g/mol. The number of ether oxygens (including phenoxy) is 1. The fourth-order valence-corrected chi connectivity index (χ4v) is 2.87. The Morgan fingerprint density at radius 1 is 1.20 bits per heavy atom. The number of aromatic nitrogens is 2. The smallest absolute Gasteiger partial charge is 0.257 e. The molecule has 136 valence electrons. The number of nitrogen functional groups attached to an aromatic ring is 1. The van der Waals surface area contributed by atoms with Crippen molar-refractivity contribution in [2.45, 2.75) is 24.8 Å². The molecule has 1 heterocycles. The van der Waals surface area contributed by atoms with Gasteiger partial charge in [0.05, 0.1) is 11.5 Å². The van der Waals surface area contributed by atoms with Gasteiger partial charge in [0, 0.05) is 13.2 Å². The van der Waals surface area contributed by atoms with Gasteiger partial charge in [-0.25, -0.2) is 18.4 Å². The number of benzene rings is 1. The van der Waals surface area contributed by atoms with Crippen LogP contribution < -0.4 is 21.3 Å². The Morgan fingerprint density at radius 2 is 1.84 bits per heavy atom. The maximum absolute atomic E-state index is 12.3. The molecule has 1 atom stereocenters. The third-order valence-electron chi connectivity index (χ3n) is 3.32. The Labute approximate surface area is 147 Å². The third-order valence-corrected chi connectivity index (χ3v) is 4.58. The lowest BCUT2D eigenvalue weighted by atomic mass is 10.2. The zero-order valence-corrected chi connectivity index (χ0v) is 15.1. The summed E-state index contributed by atoms with van der Waals surface area (Å²) in [4.78, 5) is 10.4. The van der Waals surface area contributed by atoms with Crippen LogP contribution in [0.3, 0.4) is 0 Å². The molecule has 0 aliphatic rings. The van der Waals surface area contributed by atoms with Crippen LogP contribution in [0.4, 0.5) is 17.3 Å². The summed E-state index contributed by atoms with van der Waals surface area (Å²) < 4.78 is 29.6. The number of anilines is 3. The summed E-state index contributed by atoms with van der Waals surface area (Å²) in [5.74, 6) is 0.536. The van der Waals surface area contributed by atoms with E-state index in [2.05, 4.69) is 25.5 Å². The number of nitrogens with one attached hydrogen (secondary N) is 3. The summed E-state index contributed by atoms with van der Waals surface area (Å²) in [6.07, 6.45) is 1.28. The lowest BCUT2D eigenvalue weighted by Gasteiger charge is -2.16. The van der Waals surface area contributed by atoms with Crippen LogP contribution in [0, 0.1) is 6.92 Å². The number of aryl methyl sites for hydroxylation is 1. The lowest BCUT2D eigenvalue weighted by Crippen LogP contribution is -2.31. The van der Waals surface area contributed by atoms with Crippen LogP contribution in [0.1, 0.15) is 12.5 Å². The Hall–Kier alpha value is -2.43. The number of methoxy groups -OCH3 is 1. The van der Waals surface area contributed by atoms with E-state index in [1.165, 1.54) is 18.5 Å². The molecule has 2 aromatic rings. The normalized spacial score (nSPS) is 12.6. The first-order valence-corrected chi connectivity index (χ1v) is 9.02. The molecule has 0 aliphatic carbocycles. The van der Waals surface area contributed by atoms with Crippen LogP contribution in [0.5, 0.6) is 0 Å². The van der Waals surface area contributed by atoms with Crippen molar-refractivity contribution < 1.29 is 13.2 Å². The van der Waals surface area contributed by atoms with Crippen LogP contribution >= 0.6 is 0 Å². The molecule has 0 bridgehead atoms. The summed E-state index contributed by atoms with van der Waals surface area (Å²) in [6, 6.07) is 6.43. The SMILES string of the molecule is COCC(C)Nc1ncnc(NNS(=O)(=O)c2ccc(C)cc2)c1N. The highest BCUT2D eigenvalue weighted by molar-refractivity contribution is 7.89. The molecule has 25 heavy (non-hydrogen) atoms. The lowest BCUT2D eigenvalue weighted by molar-refractivity contribution is 0.190. The van der Waals surface area contributed by atoms with Crippen LogP contribution in [-0.4, -0.2) is 38.1 Å². The molecule has 9 nitrogen and oxygen atoms in total. The second-order valence-corrected chi connectivity index (χ2v) is 7.21. The van der Waals surface area contributed by atoms with E-state index in [0.29, 0.717) is 12.4 Å². The van der Waals surface area contributed by atoms with Crippen LogP contribution in [0.25, 0.3) is 0 Å². The van der Waals surface area contributed by atoms with Crippen molar-refractivity contribution in [1.82, 2.24) is 14.8 Å². The fourth-order valence-electron chi connectivity index (χ4n) is 2.03. The first kappa shape index (κ1) is 18.9. The quantitative estimate of drug-likeness (QED) is 0.511. The predicted octanol–water partition coefficient (Wildman–Crippen LogP) is 1.12. The molecule has 1 unspecified atom stereocenters. The molecule has 5 N–H and O–H groups in total. The number of hydrogen-bond acceptors (Lipinski definition) is 8. The van der Waals surface area contributed by atoms with Crippen molar-refractivity contribution in [3.8, 4) is 0 Å². The molecular formula is C15H22N6O3S. The first-order chi connectivity index (χ1) is 11.8. The van der Waals surface area contributed by atoms with E-state index in [9.17, 15) is 8.42 Å². The first-order valence-electron chi connectivity index (χ1n) is 7.54. The van der Waals surface area contributed by atoms with Gasteiger partial charge in [0.15, 0.2) is 11.6 Å². The minimum absolute atomic E-state index is 0.0284. The van der Waals surface area contributed by atoms with Gasteiger partial charge < -0.3 is 15.8 Å². The molecule has 2 rings (SSSR count). The third kappa shape index (κ3) is 5.02. The average molecular weight is 366 g/mol. The predicted molar refractivity (Wildman–Crippen MR) is 96.5 cm³/mol. The number of rotatable bonds is 8. The van der Waals surface area contributed by atoms with Gasteiger partial charge in [0.2, 0.25) is 0 Å². The highest BCUT2D eigenvalue weighted by Gasteiger charge is 2.16. The van der Waals surface area contributed by atoms with Crippen LogP contribution in [0.15, 0.2) is 35.5 Å². The molecule has 0 radical (unpaired) electrons. The van der Waals surface area contributed by atoms with E-state index in [0.717, 1.165) is 5.56 Å². The number of nitrogens with two attached hydrogens (primary N) is 1. The second kappa shape index (κ2) is 8.10. The van der Waals surface area contributed by atoms with E-state index < -0.39 is 10.0 Å². The van der Waals surface area contributed by atoms with Crippen molar-refractivity contribution in [2.24, 2.45) is 0 Å². The zero-order valence-electron chi connectivity index (χ0n) is 14.3. The van der Waals surface area contributed by atoms with Crippen molar-refractivity contribution in [2.75, 3.05) is 30.2 Å². The van der Waals surface area contributed by atoms with Crippen LogP contribution in [-0.2, 0) is 14.8 Å². The molecule has 0 saturated heterocycles. The number of sulfonamides is 1. The molecule has 0 saturated carbocycles. The minimum Gasteiger partial charge on any atom is -0.393 e. The van der Waals surface area contributed by atoms with E-state index >= 15 is 0 Å². The topological polar surface area (TPSA) is 131 Å². The second-order valence-electron chi connectivity index (χ2n) is 5.53. The summed E-state index contributed by atoms with van der Waals surface area (Å²) in [6.45, 7) is 4.24. The van der Waals surface area contributed by atoms with E-state index in [4.69, 9.17) is 10.5 Å². The van der Waals surface area contributed by atoms with Crippen molar-refractivity contribution >= 4 is 27.3 Å². The maximum Gasteiger partial charge on any atom is 0.257 e. The number of hydrazine groups is 1. The zero-order chi connectivity index (χ0) is 18.4. The van der Waals surface area contributed by atoms with Gasteiger partial charge >= 0.3 is 0 Å². The van der Waals surface area contributed by atoms with Gasteiger partial charge in [-0.15, -0.1) is 4.83 Å². The van der Waals surface area contributed by atoms with Gasteiger partial charge in [-0.2, -0.15) is 0 Å². The molecule has 0 spiro atoms. The molecule has 10 heteroatoms. The molecule has 1 aromatic heterocycles. The largest absolute Gasteiger partial charge is 0.393 e. The van der Waals surface area contributed by atoms with Crippen molar-refractivity contribution in [1.29, 1.82) is 0 Å². The highest BCUT2D eigenvalue weighted by Crippen LogP contribution is 2.22. The fraction of sp³-hybridized carbons (Fsp3) is 0.333. The summed E-state index contributed by atoms with van der Waals surface area (Å²) in [7, 11) is -2.16. The molecule has 0 amide bonds. The average Bonchev–Trinajstić information content (AvgIpc) is 2.56. The van der Waals surface area contributed by atoms with E-state index in [1.807, 2.05) is 13.8 Å². The highest BCUT2D eigenvalue weighted by atomic mass is 32.2.